The molecule has 6 heteroatoms. The van der Waals surface area contributed by atoms with Crippen LogP contribution in [0.5, 0.6) is 5.75 Å². The van der Waals surface area contributed by atoms with Crippen molar-refractivity contribution < 1.29 is 13.2 Å². The maximum atomic E-state index is 12.1. The molecule has 19 heavy (non-hydrogen) atoms. The van der Waals surface area contributed by atoms with Crippen molar-refractivity contribution in [2.45, 2.75) is 44.7 Å². The summed E-state index contributed by atoms with van der Waals surface area (Å²) < 4.78 is 32.3. The molecule has 0 amide bonds. The molecule has 0 radical (unpaired) electrons. The summed E-state index contributed by atoms with van der Waals surface area (Å²) in [7, 11) is -3.52. The smallest absolute Gasteiger partial charge is 0.240 e. The van der Waals surface area contributed by atoms with E-state index in [0.717, 1.165) is 5.56 Å². The molecule has 0 aromatic heterocycles. The van der Waals surface area contributed by atoms with Crippen LogP contribution in [0.1, 0.15) is 26.3 Å². The summed E-state index contributed by atoms with van der Waals surface area (Å²) in [6, 6.07) is 4.52. The van der Waals surface area contributed by atoms with Gasteiger partial charge in [0.25, 0.3) is 0 Å². The van der Waals surface area contributed by atoms with Crippen molar-refractivity contribution in [2.24, 2.45) is 5.73 Å². The average molecular weight is 286 g/mol. The Hall–Kier alpha value is -1.11. The molecule has 0 heterocycles. The molecular weight excluding hydrogens is 264 g/mol. The minimum atomic E-state index is -3.52. The zero-order chi connectivity index (χ0) is 14.6. The Morgan fingerprint density at radius 2 is 1.95 bits per heavy atom. The molecule has 1 aromatic rings. The SMILES string of the molecule is Cc1cc(S(=O)(=O)N[C@@H](C)CN)ccc1OC(C)C. The second-order valence-corrected chi connectivity index (χ2v) is 6.57. The van der Waals surface area contributed by atoms with Gasteiger partial charge in [-0.1, -0.05) is 0 Å². The third-order valence-electron chi connectivity index (χ3n) is 2.53. The van der Waals surface area contributed by atoms with Crippen molar-refractivity contribution in [3.63, 3.8) is 0 Å². The zero-order valence-corrected chi connectivity index (χ0v) is 12.6. The average Bonchev–Trinajstić information content (AvgIpc) is 2.30. The Kier molecular flexibility index (Phi) is 5.34. The predicted octanol–water partition coefficient (Wildman–Crippen LogP) is 1.41. The molecule has 5 nitrogen and oxygen atoms in total. The maximum absolute atomic E-state index is 12.1. The van der Waals surface area contributed by atoms with Crippen molar-refractivity contribution in [1.82, 2.24) is 4.72 Å². The van der Waals surface area contributed by atoms with Crippen molar-refractivity contribution in [2.75, 3.05) is 6.54 Å². The molecule has 0 spiro atoms. The highest BCUT2D eigenvalue weighted by molar-refractivity contribution is 7.89. The summed E-state index contributed by atoms with van der Waals surface area (Å²) in [5.74, 6) is 0.695. The van der Waals surface area contributed by atoms with Crippen LogP contribution in [-0.2, 0) is 10.0 Å². The molecule has 0 aliphatic rings. The van der Waals surface area contributed by atoms with Gasteiger partial charge >= 0.3 is 0 Å². The Labute approximate surface area is 115 Å². The molecule has 1 atom stereocenters. The topological polar surface area (TPSA) is 81.4 Å². The van der Waals surface area contributed by atoms with E-state index < -0.39 is 10.0 Å². The van der Waals surface area contributed by atoms with E-state index in [0.29, 0.717) is 5.75 Å². The van der Waals surface area contributed by atoms with E-state index in [1.165, 1.54) is 6.07 Å². The molecule has 0 unspecified atom stereocenters. The number of hydrogen-bond acceptors (Lipinski definition) is 4. The molecule has 108 valence electrons. The Balaban J connectivity index is 3.00. The molecule has 0 saturated heterocycles. The van der Waals surface area contributed by atoms with E-state index >= 15 is 0 Å². The van der Waals surface area contributed by atoms with E-state index in [1.807, 2.05) is 20.8 Å². The van der Waals surface area contributed by atoms with Crippen LogP contribution >= 0.6 is 0 Å². The van der Waals surface area contributed by atoms with Gasteiger partial charge in [-0.3, -0.25) is 0 Å². The van der Waals surface area contributed by atoms with E-state index in [1.54, 1.807) is 19.1 Å². The molecule has 0 fully saturated rings. The summed E-state index contributed by atoms with van der Waals surface area (Å²) in [6.45, 7) is 7.65. The molecule has 3 N–H and O–H groups in total. The van der Waals surface area contributed by atoms with Crippen LogP contribution in [0.3, 0.4) is 0 Å². The van der Waals surface area contributed by atoms with Crippen LogP contribution < -0.4 is 15.2 Å². The van der Waals surface area contributed by atoms with Gasteiger partial charge < -0.3 is 10.5 Å². The standard InChI is InChI=1S/C13H22N2O3S/c1-9(2)18-13-6-5-12(7-10(13)3)19(16,17)15-11(4)8-14/h5-7,9,11,15H,8,14H2,1-4H3/t11-/m0/s1. The van der Waals surface area contributed by atoms with Gasteiger partial charge in [0.15, 0.2) is 0 Å². The largest absolute Gasteiger partial charge is 0.491 e. The second kappa shape index (κ2) is 6.36. The fourth-order valence-electron chi connectivity index (χ4n) is 1.56. The predicted molar refractivity (Wildman–Crippen MR) is 75.8 cm³/mol. The van der Waals surface area contributed by atoms with Gasteiger partial charge in [-0.25, -0.2) is 13.1 Å². The third kappa shape index (κ3) is 4.49. The lowest BCUT2D eigenvalue weighted by molar-refractivity contribution is 0.240. The van der Waals surface area contributed by atoms with E-state index in [2.05, 4.69) is 4.72 Å². The van der Waals surface area contributed by atoms with Gasteiger partial charge in [-0.2, -0.15) is 0 Å². The van der Waals surface area contributed by atoms with Crippen molar-refractivity contribution in [3.8, 4) is 5.75 Å². The number of nitrogens with two attached hydrogens (primary N) is 1. The number of aryl methyl sites for hydroxylation is 1. The monoisotopic (exact) mass is 286 g/mol. The highest BCUT2D eigenvalue weighted by Crippen LogP contribution is 2.22. The van der Waals surface area contributed by atoms with Crippen LogP contribution in [0.15, 0.2) is 23.1 Å². The van der Waals surface area contributed by atoms with Gasteiger partial charge in [0, 0.05) is 12.6 Å². The van der Waals surface area contributed by atoms with Crippen LogP contribution in [0.25, 0.3) is 0 Å². The fraction of sp³-hybridized carbons (Fsp3) is 0.538. The quantitative estimate of drug-likeness (QED) is 0.828. The van der Waals surface area contributed by atoms with Crippen LogP contribution in [0.4, 0.5) is 0 Å². The molecule has 1 rings (SSSR count). The first-order valence-electron chi connectivity index (χ1n) is 6.26. The third-order valence-corrected chi connectivity index (χ3v) is 4.12. The zero-order valence-electron chi connectivity index (χ0n) is 11.8. The highest BCUT2D eigenvalue weighted by Gasteiger charge is 2.17. The Morgan fingerprint density at radius 1 is 1.32 bits per heavy atom. The van der Waals surface area contributed by atoms with Crippen LogP contribution in [-0.4, -0.2) is 27.1 Å². The number of nitrogens with one attached hydrogen (secondary N) is 1. The summed E-state index contributed by atoms with van der Waals surface area (Å²) in [6.07, 6.45) is 0.0524. The van der Waals surface area contributed by atoms with Gasteiger partial charge in [-0.05, 0) is 51.5 Å². The molecule has 0 aliphatic carbocycles. The lowest BCUT2D eigenvalue weighted by Crippen LogP contribution is -2.37. The normalized spacial score (nSPS) is 13.6. The summed E-state index contributed by atoms with van der Waals surface area (Å²) >= 11 is 0. The van der Waals surface area contributed by atoms with Crippen molar-refractivity contribution >= 4 is 10.0 Å². The highest BCUT2D eigenvalue weighted by atomic mass is 32.2. The van der Waals surface area contributed by atoms with Crippen molar-refractivity contribution in [3.05, 3.63) is 23.8 Å². The number of hydrogen-bond donors (Lipinski definition) is 2. The molecule has 0 bridgehead atoms. The number of ether oxygens (including phenoxy) is 1. The summed E-state index contributed by atoms with van der Waals surface area (Å²) in [5.41, 5.74) is 6.21. The van der Waals surface area contributed by atoms with Crippen molar-refractivity contribution in [1.29, 1.82) is 0 Å². The number of rotatable bonds is 6. The lowest BCUT2D eigenvalue weighted by Gasteiger charge is -2.15. The Bertz CT molecular complexity index is 527. The van der Waals surface area contributed by atoms with E-state index in [4.69, 9.17) is 10.5 Å². The molecular formula is C13H22N2O3S. The second-order valence-electron chi connectivity index (χ2n) is 4.85. The Morgan fingerprint density at radius 3 is 2.42 bits per heavy atom. The number of benzene rings is 1. The van der Waals surface area contributed by atoms with Gasteiger partial charge in [0.05, 0.1) is 11.0 Å². The minimum absolute atomic E-state index is 0.0524. The van der Waals surface area contributed by atoms with Gasteiger partial charge in [0.2, 0.25) is 10.0 Å². The molecule has 0 saturated carbocycles. The first-order chi connectivity index (χ1) is 8.76. The minimum Gasteiger partial charge on any atom is -0.491 e. The lowest BCUT2D eigenvalue weighted by atomic mass is 10.2. The molecule has 0 aliphatic heterocycles. The fourth-order valence-corrected chi connectivity index (χ4v) is 2.90. The van der Waals surface area contributed by atoms with Gasteiger partial charge in [0.1, 0.15) is 5.75 Å². The van der Waals surface area contributed by atoms with E-state index in [-0.39, 0.29) is 23.6 Å². The maximum Gasteiger partial charge on any atom is 0.240 e. The number of sulfonamides is 1. The summed E-state index contributed by atoms with van der Waals surface area (Å²) in [4.78, 5) is 0.224. The van der Waals surface area contributed by atoms with Crippen LogP contribution in [0, 0.1) is 6.92 Å². The summed E-state index contributed by atoms with van der Waals surface area (Å²) in [5, 5.41) is 0. The van der Waals surface area contributed by atoms with Crippen LogP contribution in [0.2, 0.25) is 0 Å². The van der Waals surface area contributed by atoms with E-state index in [9.17, 15) is 8.42 Å². The first-order valence-corrected chi connectivity index (χ1v) is 7.74. The first kappa shape index (κ1) is 15.9. The van der Waals surface area contributed by atoms with Gasteiger partial charge in [-0.15, -0.1) is 0 Å². The molecule has 1 aromatic carbocycles.